The van der Waals surface area contributed by atoms with Gasteiger partial charge in [0.25, 0.3) is 0 Å². The lowest BCUT2D eigenvalue weighted by Gasteiger charge is -2.01. The number of carboxylic acids is 1. The lowest BCUT2D eigenvalue weighted by atomic mass is 10.2. The number of aromatic nitrogens is 2. The van der Waals surface area contributed by atoms with Gasteiger partial charge in [-0.25, -0.2) is 4.79 Å². The van der Waals surface area contributed by atoms with Gasteiger partial charge in [0.2, 0.25) is 0 Å². The Kier molecular flexibility index (Phi) is 3.23. The molecule has 1 N–H and O–H groups in total. The monoisotopic (exact) mass is 328 g/mol. The van der Waals surface area contributed by atoms with E-state index < -0.39 is 5.97 Å². The molecule has 0 amide bonds. The van der Waals surface area contributed by atoms with Crippen LogP contribution in [0.3, 0.4) is 0 Å². The largest absolute Gasteiger partial charge is 0.476 e. The number of hydrogen-bond donors (Lipinski definition) is 1. The second-order valence-electron chi connectivity index (χ2n) is 3.33. The van der Waals surface area contributed by atoms with Crippen molar-refractivity contribution >= 4 is 28.6 Å². The van der Waals surface area contributed by atoms with Crippen molar-refractivity contribution in [3.8, 4) is 0 Å². The molecule has 0 bridgehead atoms. The third-order valence-electron chi connectivity index (χ3n) is 2.12. The highest BCUT2D eigenvalue weighted by Gasteiger charge is 2.06. The van der Waals surface area contributed by atoms with Gasteiger partial charge in [0.15, 0.2) is 5.69 Å². The van der Waals surface area contributed by atoms with Gasteiger partial charge in [-0.15, -0.1) is 0 Å². The van der Waals surface area contributed by atoms with Crippen molar-refractivity contribution in [2.24, 2.45) is 0 Å². The maximum absolute atomic E-state index is 10.6. The van der Waals surface area contributed by atoms with Crippen LogP contribution in [0.4, 0.5) is 0 Å². The molecule has 1 aromatic carbocycles. The molecular formula is C11H9IN2O2. The highest BCUT2D eigenvalue weighted by Crippen LogP contribution is 2.08. The fourth-order valence-electron chi connectivity index (χ4n) is 1.34. The van der Waals surface area contributed by atoms with Crippen LogP contribution in [0.2, 0.25) is 0 Å². The highest BCUT2D eigenvalue weighted by molar-refractivity contribution is 14.1. The Hall–Kier alpha value is -1.37. The number of aromatic carboxylic acids is 1. The molecule has 0 saturated carbocycles. The fourth-order valence-corrected chi connectivity index (χ4v) is 1.70. The van der Waals surface area contributed by atoms with Crippen molar-refractivity contribution in [2.45, 2.75) is 6.54 Å². The van der Waals surface area contributed by atoms with Crippen LogP contribution >= 0.6 is 22.6 Å². The number of benzene rings is 1. The molecule has 1 heterocycles. The van der Waals surface area contributed by atoms with E-state index in [0.717, 1.165) is 5.56 Å². The predicted molar refractivity (Wildman–Crippen MR) is 67.4 cm³/mol. The summed E-state index contributed by atoms with van der Waals surface area (Å²) < 4.78 is 2.79. The Morgan fingerprint density at radius 1 is 1.31 bits per heavy atom. The minimum Gasteiger partial charge on any atom is -0.476 e. The maximum atomic E-state index is 10.6. The zero-order valence-electron chi connectivity index (χ0n) is 8.30. The molecule has 0 saturated heterocycles. The second kappa shape index (κ2) is 4.65. The van der Waals surface area contributed by atoms with E-state index >= 15 is 0 Å². The summed E-state index contributed by atoms with van der Waals surface area (Å²) in [4.78, 5) is 10.6. The first kappa shape index (κ1) is 11.1. The zero-order chi connectivity index (χ0) is 11.5. The molecule has 0 atom stereocenters. The van der Waals surface area contributed by atoms with E-state index in [1.54, 1.807) is 10.9 Å². The molecule has 0 aliphatic heterocycles. The standard InChI is InChI=1S/C11H9IN2O2/c12-9-3-1-8(2-4-9)7-14-6-5-10(13-14)11(15)16/h1-6H,7H2,(H,15,16). The van der Waals surface area contributed by atoms with Gasteiger partial charge in [-0.2, -0.15) is 5.10 Å². The molecule has 0 aliphatic carbocycles. The zero-order valence-corrected chi connectivity index (χ0v) is 10.5. The van der Waals surface area contributed by atoms with E-state index in [-0.39, 0.29) is 5.69 Å². The topological polar surface area (TPSA) is 55.1 Å². The summed E-state index contributed by atoms with van der Waals surface area (Å²) in [6.07, 6.45) is 1.67. The molecule has 2 aromatic rings. The Bertz CT molecular complexity index is 505. The molecule has 0 unspecified atom stereocenters. The average molecular weight is 328 g/mol. The molecule has 4 nitrogen and oxygen atoms in total. The molecule has 0 aliphatic rings. The summed E-state index contributed by atoms with van der Waals surface area (Å²) in [7, 11) is 0. The van der Waals surface area contributed by atoms with E-state index in [4.69, 9.17) is 5.11 Å². The third-order valence-corrected chi connectivity index (χ3v) is 2.84. The summed E-state index contributed by atoms with van der Waals surface area (Å²) in [5.74, 6) is -0.999. The van der Waals surface area contributed by atoms with Crippen LogP contribution in [0, 0.1) is 3.57 Å². The van der Waals surface area contributed by atoms with Crippen molar-refractivity contribution in [1.82, 2.24) is 9.78 Å². The normalized spacial score (nSPS) is 10.3. The first-order valence-electron chi connectivity index (χ1n) is 4.66. The lowest BCUT2D eigenvalue weighted by Crippen LogP contribution is -2.03. The number of carboxylic acid groups (broad SMARTS) is 1. The first-order valence-corrected chi connectivity index (χ1v) is 5.74. The van der Waals surface area contributed by atoms with Gasteiger partial charge in [0.1, 0.15) is 0 Å². The molecule has 1 aromatic heterocycles. The lowest BCUT2D eigenvalue weighted by molar-refractivity contribution is 0.0689. The summed E-state index contributed by atoms with van der Waals surface area (Å²) in [6.45, 7) is 0.587. The quantitative estimate of drug-likeness (QED) is 0.879. The molecule has 0 fully saturated rings. The Labute approximate surface area is 106 Å². The van der Waals surface area contributed by atoms with Crippen LogP contribution in [0.1, 0.15) is 16.1 Å². The minimum absolute atomic E-state index is 0.0745. The van der Waals surface area contributed by atoms with Crippen molar-refractivity contribution < 1.29 is 9.90 Å². The fraction of sp³-hybridized carbons (Fsp3) is 0.0909. The summed E-state index contributed by atoms with van der Waals surface area (Å²) >= 11 is 2.24. The summed E-state index contributed by atoms with van der Waals surface area (Å²) in [5, 5.41) is 12.7. The van der Waals surface area contributed by atoms with Gasteiger partial charge in [-0.05, 0) is 46.4 Å². The van der Waals surface area contributed by atoms with Crippen molar-refractivity contribution in [2.75, 3.05) is 0 Å². The van der Waals surface area contributed by atoms with Crippen molar-refractivity contribution in [3.05, 3.63) is 51.4 Å². The molecule has 0 spiro atoms. The highest BCUT2D eigenvalue weighted by atomic mass is 127. The first-order chi connectivity index (χ1) is 7.65. The van der Waals surface area contributed by atoms with Crippen LogP contribution in [-0.2, 0) is 6.54 Å². The Morgan fingerprint density at radius 3 is 2.56 bits per heavy atom. The number of carbonyl (C=O) groups is 1. The third kappa shape index (κ3) is 2.60. The minimum atomic E-state index is -0.999. The number of halogens is 1. The maximum Gasteiger partial charge on any atom is 0.356 e. The van der Waals surface area contributed by atoms with Gasteiger partial charge in [-0.1, -0.05) is 12.1 Å². The van der Waals surface area contributed by atoms with Crippen LogP contribution in [0.15, 0.2) is 36.5 Å². The predicted octanol–water partition coefficient (Wildman–Crippen LogP) is 2.23. The molecule has 2 rings (SSSR count). The smallest absolute Gasteiger partial charge is 0.356 e. The Morgan fingerprint density at radius 2 is 2.00 bits per heavy atom. The van der Waals surface area contributed by atoms with Crippen LogP contribution in [0.5, 0.6) is 0 Å². The molecule has 5 heteroatoms. The van der Waals surface area contributed by atoms with Crippen LogP contribution < -0.4 is 0 Å². The van der Waals surface area contributed by atoms with E-state index in [9.17, 15) is 4.79 Å². The molecule has 82 valence electrons. The molecule has 0 radical (unpaired) electrons. The summed E-state index contributed by atoms with van der Waals surface area (Å²) in [5.41, 5.74) is 1.17. The number of nitrogens with zero attached hydrogens (tertiary/aromatic N) is 2. The van der Waals surface area contributed by atoms with E-state index in [0.29, 0.717) is 6.54 Å². The number of hydrogen-bond acceptors (Lipinski definition) is 2. The number of rotatable bonds is 3. The van der Waals surface area contributed by atoms with E-state index in [1.807, 2.05) is 24.3 Å². The van der Waals surface area contributed by atoms with Gasteiger partial charge in [0.05, 0.1) is 6.54 Å². The summed E-state index contributed by atoms with van der Waals surface area (Å²) in [6, 6.07) is 9.53. The van der Waals surface area contributed by atoms with Crippen molar-refractivity contribution in [1.29, 1.82) is 0 Å². The van der Waals surface area contributed by atoms with Gasteiger partial charge in [-0.3, -0.25) is 4.68 Å². The van der Waals surface area contributed by atoms with E-state index in [2.05, 4.69) is 27.7 Å². The SMILES string of the molecule is O=C(O)c1ccn(Cc2ccc(I)cc2)n1. The average Bonchev–Trinajstić information content (AvgIpc) is 2.70. The van der Waals surface area contributed by atoms with Crippen LogP contribution in [0.25, 0.3) is 0 Å². The molecular weight excluding hydrogens is 319 g/mol. The van der Waals surface area contributed by atoms with Crippen molar-refractivity contribution in [3.63, 3.8) is 0 Å². The van der Waals surface area contributed by atoms with Gasteiger partial charge < -0.3 is 5.11 Å². The Balaban J connectivity index is 2.14. The van der Waals surface area contributed by atoms with Gasteiger partial charge >= 0.3 is 5.97 Å². The van der Waals surface area contributed by atoms with Crippen LogP contribution in [-0.4, -0.2) is 20.9 Å². The van der Waals surface area contributed by atoms with E-state index in [1.165, 1.54) is 9.64 Å². The van der Waals surface area contributed by atoms with Gasteiger partial charge in [0, 0.05) is 9.77 Å². The second-order valence-corrected chi connectivity index (χ2v) is 4.58. The molecule has 16 heavy (non-hydrogen) atoms.